The van der Waals surface area contributed by atoms with Crippen molar-refractivity contribution in [3.63, 3.8) is 0 Å². The maximum atomic E-state index is 12.1. The third-order valence-electron chi connectivity index (χ3n) is 2.90. The molecule has 7 heteroatoms. The number of thiocarbonyl (C=S) groups is 1. The lowest BCUT2D eigenvalue weighted by atomic mass is 10.2. The zero-order valence-electron chi connectivity index (χ0n) is 13.0. The molecule has 24 heavy (non-hydrogen) atoms. The van der Waals surface area contributed by atoms with Crippen LogP contribution in [-0.2, 0) is 0 Å². The van der Waals surface area contributed by atoms with E-state index in [9.17, 15) is 4.79 Å². The smallest absolute Gasteiger partial charge is 0.345 e. The molecule has 0 fully saturated rings. The zero-order chi connectivity index (χ0) is 17.4. The summed E-state index contributed by atoms with van der Waals surface area (Å²) in [5.74, 6) is -0.0760. The quantitative estimate of drug-likeness (QED) is 0.281. The van der Waals surface area contributed by atoms with Crippen LogP contribution in [0.15, 0.2) is 53.6 Å². The summed E-state index contributed by atoms with van der Waals surface area (Å²) < 4.78 is 5.30. The average molecular weight is 362 g/mol. The number of esters is 1. The van der Waals surface area contributed by atoms with Crippen LogP contribution in [0.5, 0.6) is 5.75 Å². The van der Waals surface area contributed by atoms with Gasteiger partial charge in [-0.3, -0.25) is 5.43 Å². The summed E-state index contributed by atoms with van der Waals surface area (Å²) in [6.45, 7) is 2.67. The van der Waals surface area contributed by atoms with Crippen molar-refractivity contribution < 1.29 is 9.53 Å². The van der Waals surface area contributed by atoms with Crippen LogP contribution >= 0.6 is 23.8 Å². The van der Waals surface area contributed by atoms with Crippen molar-refractivity contribution in [1.82, 2.24) is 10.7 Å². The molecule has 0 aliphatic rings. The molecule has 0 spiro atoms. The van der Waals surface area contributed by atoms with E-state index in [0.29, 0.717) is 21.4 Å². The minimum absolute atomic E-state index is 0.325. The number of carbonyl (C=O) groups excluding carboxylic acids is 1. The molecule has 0 radical (unpaired) electrons. The van der Waals surface area contributed by atoms with E-state index in [0.717, 1.165) is 12.1 Å². The standard InChI is InChI=1S/C17H16ClN3O2S/c1-2-19-17(24)21-20-11-12-7-9-13(10-8-12)23-16(22)14-5-3-4-6-15(14)18/h3-11H,2H2,1H3,(H2,19,21,24)/b20-11+. The normalized spacial score (nSPS) is 10.4. The largest absolute Gasteiger partial charge is 0.423 e. The van der Waals surface area contributed by atoms with Crippen LogP contribution in [0, 0.1) is 0 Å². The van der Waals surface area contributed by atoms with Gasteiger partial charge in [-0.2, -0.15) is 5.10 Å². The molecule has 0 saturated heterocycles. The molecule has 2 N–H and O–H groups in total. The van der Waals surface area contributed by atoms with Crippen molar-refractivity contribution in [1.29, 1.82) is 0 Å². The van der Waals surface area contributed by atoms with Gasteiger partial charge in [0, 0.05) is 6.54 Å². The summed E-state index contributed by atoms with van der Waals surface area (Å²) in [4.78, 5) is 12.1. The number of nitrogens with zero attached hydrogens (tertiary/aromatic N) is 1. The van der Waals surface area contributed by atoms with Crippen LogP contribution in [0.25, 0.3) is 0 Å². The molecule has 0 atom stereocenters. The minimum atomic E-state index is -0.500. The Balaban J connectivity index is 1.95. The second kappa shape index (κ2) is 9.00. The Morgan fingerprint density at radius 1 is 1.25 bits per heavy atom. The highest BCUT2D eigenvalue weighted by Gasteiger charge is 2.11. The van der Waals surface area contributed by atoms with Crippen LogP contribution in [-0.4, -0.2) is 23.8 Å². The summed E-state index contributed by atoms with van der Waals surface area (Å²) in [6.07, 6.45) is 1.61. The highest BCUT2D eigenvalue weighted by atomic mass is 35.5. The summed E-state index contributed by atoms with van der Waals surface area (Å²) in [5.41, 5.74) is 3.85. The van der Waals surface area contributed by atoms with Crippen LogP contribution in [0.3, 0.4) is 0 Å². The molecule has 0 bridgehead atoms. The van der Waals surface area contributed by atoms with Crippen LogP contribution in [0.4, 0.5) is 0 Å². The van der Waals surface area contributed by atoms with Crippen molar-refractivity contribution in [3.8, 4) is 5.75 Å². The molecule has 0 aliphatic carbocycles. The van der Waals surface area contributed by atoms with Gasteiger partial charge >= 0.3 is 5.97 Å². The number of halogens is 1. The zero-order valence-corrected chi connectivity index (χ0v) is 14.5. The van der Waals surface area contributed by atoms with Crippen molar-refractivity contribution in [3.05, 3.63) is 64.7 Å². The Bertz CT molecular complexity index is 748. The van der Waals surface area contributed by atoms with E-state index in [2.05, 4.69) is 15.8 Å². The van der Waals surface area contributed by atoms with E-state index in [-0.39, 0.29) is 0 Å². The Kier molecular flexibility index (Phi) is 6.72. The van der Waals surface area contributed by atoms with Crippen molar-refractivity contribution in [2.45, 2.75) is 6.92 Å². The molecule has 0 unspecified atom stereocenters. The van der Waals surface area contributed by atoms with Gasteiger partial charge < -0.3 is 10.1 Å². The van der Waals surface area contributed by atoms with Gasteiger partial charge in [0.2, 0.25) is 0 Å². The Hall–Kier alpha value is -2.44. The monoisotopic (exact) mass is 361 g/mol. The highest BCUT2D eigenvalue weighted by molar-refractivity contribution is 7.80. The molecule has 0 aliphatic heterocycles. The van der Waals surface area contributed by atoms with Gasteiger partial charge in [0.05, 0.1) is 16.8 Å². The maximum absolute atomic E-state index is 12.1. The van der Waals surface area contributed by atoms with E-state index < -0.39 is 5.97 Å². The van der Waals surface area contributed by atoms with E-state index in [4.69, 9.17) is 28.6 Å². The number of rotatable bonds is 5. The number of nitrogens with one attached hydrogen (secondary N) is 2. The fraction of sp³-hybridized carbons (Fsp3) is 0.118. The molecule has 124 valence electrons. The van der Waals surface area contributed by atoms with Crippen molar-refractivity contribution >= 4 is 41.1 Å². The molecular weight excluding hydrogens is 346 g/mol. The number of hydrazone groups is 1. The topological polar surface area (TPSA) is 62.7 Å². The number of hydrogen-bond acceptors (Lipinski definition) is 4. The molecule has 0 amide bonds. The Morgan fingerprint density at radius 3 is 2.62 bits per heavy atom. The highest BCUT2D eigenvalue weighted by Crippen LogP contribution is 2.18. The lowest BCUT2D eigenvalue weighted by molar-refractivity contribution is 0.0735. The molecule has 2 aromatic carbocycles. The summed E-state index contributed by atoms with van der Waals surface area (Å²) in [6, 6.07) is 13.6. The van der Waals surface area contributed by atoms with Gasteiger partial charge in [-0.05, 0) is 61.1 Å². The van der Waals surface area contributed by atoms with Crippen LogP contribution < -0.4 is 15.5 Å². The third-order valence-corrected chi connectivity index (χ3v) is 3.47. The fourth-order valence-electron chi connectivity index (χ4n) is 1.78. The Labute approximate surface area is 150 Å². The summed E-state index contributed by atoms with van der Waals surface area (Å²) in [5, 5.41) is 7.74. The van der Waals surface area contributed by atoms with Crippen LogP contribution in [0.1, 0.15) is 22.8 Å². The van der Waals surface area contributed by atoms with Gasteiger partial charge in [-0.15, -0.1) is 0 Å². The maximum Gasteiger partial charge on any atom is 0.345 e. The first kappa shape index (κ1) is 17.9. The number of carbonyl (C=O) groups is 1. The minimum Gasteiger partial charge on any atom is -0.423 e. The lowest BCUT2D eigenvalue weighted by Gasteiger charge is -2.06. The molecule has 5 nitrogen and oxygen atoms in total. The van der Waals surface area contributed by atoms with E-state index in [1.165, 1.54) is 0 Å². The summed E-state index contributed by atoms with van der Waals surface area (Å²) >= 11 is 11.0. The summed E-state index contributed by atoms with van der Waals surface area (Å²) in [7, 11) is 0. The first-order valence-electron chi connectivity index (χ1n) is 7.24. The lowest BCUT2D eigenvalue weighted by Crippen LogP contribution is -2.31. The number of benzene rings is 2. The Morgan fingerprint density at radius 2 is 1.96 bits per heavy atom. The number of hydrogen-bond donors (Lipinski definition) is 2. The van der Waals surface area contributed by atoms with Gasteiger partial charge in [-0.25, -0.2) is 4.79 Å². The molecule has 0 saturated carbocycles. The second-order valence-electron chi connectivity index (χ2n) is 4.67. The first-order chi connectivity index (χ1) is 11.6. The van der Waals surface area contributed by atoms with Gasteiger partial charge in [0.25, 0.3) is 0 Å². The molecule has 0 aromatic heterocycles. The molecular formula is C17H16ClN3O2S. The van der Waals surface area contributed by atoms with Crippen LogP contribution in [0.2, 0.25) is 5.02 Å². The first-order valence-corrected chi connectivity index (χ1v) is 8.02. The van der Waals surface area contributed by atoms with Gasteiger partial charge in [0.1, 0.15) is 5.75 Å². The van der Waals surface area contributed by atoms with Crippen molar-refractivity contribution in [2.75, 3.05) is 6.54 Å². The number of ether oxygens (including phenoxy) is 1. The predicted molar refractivity (Wildman–Crippen MR) is 99.9 cm³/mol. The molecule has 2 rings (SSSR count). The fourth-order valence-corrected chi connectivity index (χ4v) is 2.19. The van der Waals surface area contributed by atoms with E-state index >= 15 is 0 Å². The third kappa shape index (κ3) is 5.33. The second-order valence-corrected chi connectivity index (χ2v) is 5.48. The van der Waals surface area contributed by atoms with E-state index in [1.54, 1.807) is 54.7 Å². The SMILES string of the molecule is CCNC(=S)N/N=C/c1ccc(OC(=O)c2ccccc2Cl)cc1. The van der Waals surface area contributed by atoms with E-state index in [1.807, 2.05) is 6.92 Å². The average Bonchev–Trinajstić information content (AvgIpc) is 2.57. The molecule has 0 heterocycles. The van der Waals surface area contributed by atoms with Gasteiger partial charge in [-0.1, -0.05) is 23.7 Å². The van der Waals surface area contributed by atoms with Gasteiger partial charge in [0.15, 0.2) is 5.11 Å². The molecule has 2 aromatic rings. The predicted octanol–water partition coefficient (Wildman–Crippen LogP) is 3.38. The van der Waals surface area contributed by atoms with Crippen molar-refractivity contribution in [2.24, 2.45) is 5.10 Å².